The lowest BCUT2D eigenvalue weighted by Gasteiger charge is -1.95. The molecule has 2 N–H and O–H groups in total. The third-order valence-electron chi connectivity index (χ3n) is 1.18. The first-order chi connectivity index (χ1) is 5.74. The van der Waals surface area contributed by atoms with Crippen LogP contribution in [-0.2, 0) is 0 Å². The molecule has 0 bridgehead atoms. The summed E-state index contributed by atoms with van der Waals surface area (Å²) in [5, 5.41) is 0.525. The van der Waals surface area contributed by atoms with E-state index in [0.29, 0.717) is 22.2 Å². The molecule has 0 aliphatic carbocycles. The van der Waals surface area contributed by atoms with Crippen molar-refractivity contribution in [2.24, 2.45) is 0 Å². The van der Waals surface area contributed by atoms with E-state index in [1.165, 1.54) is 0 Å². The van der Waals surface area contributed by atoms with Crippen LogP contribution in [0.5, 0.6) is 0 Å². The van der Waals surface area contributed by atoms with E-state index in [1.807, 2.05) is 0 Å². The number of anilines is 1. The molecule has 0 spiro atoms. The van der Waals surface area contributed by atoms with Gasteiger partial charge in [0.1, 0.15) is 5.82 Å². The Morgan fingerprint density at radius 3 is 3.00 bits per heavy atom. The van der Waals surface area contributed by atoms with Crippen molar-refractivity contribution >= 4 is 30.0 Å². The molecule has 0 aliphatic rings. The summed E-state index contributed by atoms with van der Waals surface area (Å²) in [6, 6.07) is 1.57. The Bertz CT molecular complexity index is 341. The Hall–Kier alpha value is -0.850. The molecular formula is C8H7ClN2S. The highest BCUT2D eigenvalue weighted by Crippen LogP contribution is 2.15. The van der Waals surface area contributed by atoms with Gasteiger partial charge in [0.15, 0.2) is 0 Å². The highest BCUT2D eigenvalue weighted by atomic mass is 35.5. The van der Waals surface area contributed by atoms with E-state index in [9.17, 15) is 0 Å². The molecule has 0 fully saturated rings. The van der Waals surface area contributed by atoms with Crippen molar-refractivity contribution in [3.63, 3.8) is 0 Å². The molecule has 0 saturated carbocycles. The van der Waals surface area contributed by atoms with Crippen LogP contribution in [-0.4, -0.2) is 10.7 Å². The maximum Gasteiger partial charge on any atom is 0.124 e. The number of aromatic nitrogens is 1. The second kappa shape index (κ2) is 4.24. The predicted octanol–water partition coefficient (Wildman–Crippen LogP) is 1.60. The molecule has 0 atom stereocenters. The van der Waals surface area contributed by atoms with Crippen LogP contribution in [0, 0.1) is 11.8 Å². The molecule has 0 saturated heterocycles. The summed E-state index contributed by atoms with van der Waals surface area (Å²) in [5.74, 6) is 6.49. The van der Waals surface area contributed by atoms with Gasteiger partial charge in [-0.3, -0.25) is 0 Å². The van der Waals surface area contributed by atoms with Crippen molar-refractivity contribution in [1.29, 1.82) is 0 Å². The van der Waals surface area contributed by atoms with Gasteiger partial charge in [-0.1, -0.05) is 23.4 Å². The summed E-state index contributed by atoms with van der Waals surface area (Å²) >= 11 is 9.76. The third-order valence-corrected chi connectivity index (χ3v) is 1.65. The van der Waals surface area contributed by atoms with E-state index in [-0.39, 0.29) is 0 Å². The molecule has 1 aromatic rings. The van der Waals surface area contributed by atoms with Crippen LogP contribution in [0.2, 0.25) is 5.02 Å². The smallest absolute Gasteiger partial charge is 0.124 e. The van der Waals surface area contributed by atoms with Crippen molar-refractivity contribution in [1.82, 2.24) is 4.98 Å². The van der Waals surface area contributed by atoms with E-state index >= 15 is 0 Å². The van der Waals surface area contributed by atoms with Gasteiger partial charge in [0.25, 0.3) is 0 Å². The number of halogens is 1. The van der Waals surface area contributed by atoms with Crippen LogP contribution >= 0.6 is 24.2 Å². The minimum absolute atomic E-state index is 0.399. The van der Waals surface area contributed by atoms with Crippen LogP contribution < -0.4 is 5.73 Å². The number of hydrogen-bond donors (Lipinski definition) is 2. The molecule has 0 unspecified atom stereocenters. The SMILES string of the molecule is Nc1cc(Cl)c(C#CCS)cn1. The molecule has 0 radical (unpaired) electrons. The maximum atomic E-state index is 5.82. The van der Waals surface area contributed by atoms with E-state index in [0.717, 1.165) is 0 Å². The Kier molecular flexibility index (Phi) is 3.27. The summed E-state index contributed by atoms with van der Waals surface area (Å²) in [5.41, 5.74) is 6.08. The second-order valence-corrected chi connectivity index (χ2v) is 2.77. The molecule has 2 nitrogen and oxygen atoms in total. The maximum absolute atomic E-state index is 5.82. The lowest BCUT2D eigenvalue weighted by atomic mass is 10.3. The Morgan fingerprint density at radius 1 is 1.67 bits per heavy atom. The van der Waals surface area contributed by atoms with Crippen LogP contribution in [0.3, 0.4) is 0 Å². The van der Waals surface area contributed by atoms with Gasteiger partial charge in [-0.2, -0.15) is 12.6 Å². The fourth-order valence-corrected chi connectivity index (χ4v) is 0.959. The monoisotopic (exact) mass is 198 g/mol. The zero-order chi connectivity index (χ0) is 8.97. The summed E-state index contributed by atoms with van der Waals surface area (Å²) in [6.45, 7) is 0. The van der Waals surface area contributed by atoms with Crippen molar-refractivity contribution in [3.8, 4) is 11.8 Å². The van der Waals surface area contributed by atoms with Crippen molar-refractivity contribution < 1.29 is 0 Å². The molecule has 62 valence electrons. The predicted molar refractivity (Wildman–Crippen MR) is 54.4 cm³/mol. The lowest BCUT2D eigenvalue weighted by Crippen LogP contribution is -1.90. The van der Waals surface area contributed by atoms with Crippen LogP contribution in [0.1, 0.15) is 5.56 Å². The first-order valence-electron chi connectivity index (χ1n) is 3.25. The van der Waals surface area contributed by atoms with Gasteiger partial charge >= 0.3 is 0 Å². The number of pyridine rings is 1. The molecule has 4 heteroatoms. The van der Waals surface area contributed by atoms with Gasteiger partial charge in [0.2, 0.25) is 0 Å². The fraction of sp³-hybridized carbons (Fsp3) is 0.125. The first kappa shape index (κ1) is 9.24. The molecule has 1 heterocycles. The number of rotatable bonds is 0. The number of hydrogen-bond acceptors (Lipinski definition) is 3. The fourth-order valence-electron chi connectivity index (χ4n) is 0.672. The number of thiol groups is 1. The molecule has 12 heavy (non-hydrogen) atoms. The molecule has 0 aromatic carbocycles. The average molecular weight is 199 g/mol. The minimum Gasteiger partial charge on any atom is -0.384 e. The summed E-state index contributed by atoms with van der Waals surface area (Å²) in [6.07, 6.45) is 1.55. The second-order valence-electron chi connectivity index (χ2n) is 2.05. The number of nitrogens with two attached hydrogens (primary N) is 1. The zero-order valence-corrected chi connectivity index (χ0v) is 7.86. The summed E-state index contributed by atoms with van der Waals surface area (Å²) in [7, 11) is 0. The quantitative estimate of drug-likeness (QED) is 0.491. The molecule has 1 rings (SSSR count). The average Bonchev–Trinajstić information content (AvgIpc) is 2.03. The number of nitrogen functional groups attached to an aromatic ring is 1. The Balaban J connectivity index is 3.01. The van der Waals surface area contributed by atoms with Gasteiger partial charge in [-0.05, 0) is 0 Å². The normalized spacial score (nSPS) is 8.83. The van der Waals surface area contributed by atoms with Crippen molar-refractivity contribution in [2.75, 3.05) is 11.5 Å². The van der Waals surface area contributed by atoms with Gasteiger partial charge < -0.3 is 5.73 Å². The van der Waals surface area contributed by atoms with Crippen molar-refractivity contribution in [3.05, 3.63) is 22.8 Å². The first-order valence-corrected chi connectivity index (χ1v) is 4.26. The molecule has 0 amide bonds. The van der Waals surface area contributed by atoms with Gasteiger partial charge in [-0.25, -0.2) is 4.98 Å². The van der Waals surface area contributed by atoms with E-state index in [1.54, 1.807) is 12.3 Å². The topological polar surface area (TPSA) is 38.9 Å². The van der Waals surface area contributed by atoms with Gasteiger partial charge in [-0.15, -0.1) is 0 Å². The summed E-state index contributed by atoms with van der Waals surface area (Å²) < 4.78 is 0. The standard InChI is InChI=1S/C8H7ClN2S/c9-7-4-8(10)11-5-6(7)2-1-3-12/h4-5,12H,3H2,(H2,10,11). The molecule has 0 aliphatic heterocycles. The third kappa shape index (κ3) is 2.33. The zero-order valence-electron chi connectivity index (χ0n) is 6.21. The van der Waals surface area contributed by atoms with Gasteiger partial charge in [0.05, 0.1) is 16.3 Å². The number of nitrogens with zero attached hydrogens (tertiary/aromatic N) is 1. The lowest BCUT2D eigenvalue weighted by molar-refractivity contribution is 1.32. The Morgan fingerprint density at radius 2 is 2.42 bits per heavy atom. The van der Waals surface area contributed by atoms with Crippen molar-refractivity contribution in [2.45, 2.75) is 0 Å². The largest absolute Gasteiger partial charge is 0.384 e. The van der Waals surface area contributed by atoms with Crippen LogP contribution in [0.25, 0.3) is 0 Å². The van der Waals surface area contributed by atoms with Crippen LogP contribution in [0.15, 0.2) is 12.3 Å². The highest BCUT2D eigenvalue weighted by Gasteiger charge is 1.96. The highest BCUT2D eigenvalue weighted by molar-refractivity contribution is 7.80. The molecule has 1 aromatic heterocycles. The van der Waals surface area contributed by atoms with E-state index in [2.05, 4.69) is 29.5 Å². The molecular weight excluding hydrogens is 192 g/mol. The van der Waals surface area contributed by atoms with E-state index in [4.69, 9.17) is 17.3 Å². The van der Waals surface area contributed by atoms with Gasteiger partial charge in [0, 0.05) is 12.3 Å². The summed E-state index contributed by atoms with van der Waals surface area (Å²) in [4.78, 5) is 3.86. The Labute approximate surface area is 81.5 Å². The van der Waals surface area contributed by atoms with E-state index < -0.39 is 0 Å². The van der Waals surface area contributed by atoms with Crippen LogP contribution in [0.4, 0.5) is 5.82 Å². The minimum atomic E-state index is 0.399.